The number of allylic oxidation sites excluding steroid dienone is 8. The lowest BCUT2D eigenvalue weighted by Crippen LogP contribution is -2.28. The van der Waals surface area contributed by atoms with Crippen molar-refractivity contribution in [2.75, 3.05) is 128 Å². The highest BCUT2D eigenvalue weighted by Crippen LogP contribution is 2.50. The number of nitrogens with zero attached hydrogens (tertiary/aromatic N) is 5. The van der Waals surface area contributed by atoms with Crippen molar-refractivity contribution in [2.24, 2.45) is 5.41 Å². The SMILES string of the molecule is Cc1nn(-c2ccc(C(=O)N(C)C)c(NCCCOCCOCCOCCOCCOCCCNCc3ccc(C4=C(/C=C/C5=[N+](CCCCS(=O)(=O)O)c6ccc(S(=O)(=O)O)cc6C5(C)C)CCC/C4=C\C=C4/N(CCCCS(=O)(=O)O)c5ccc(S(=O)(=O)O)cc5C4(C)C)cc3)c2)c2c1C(=O)CC(C)(C)C2. The average Bonchev–Trinajstić information content (AvgIpc) is 1.59. The van der Waals surface area contributed by atoms with Crippen molar-refractivity contribution in [3.63, 3.8) is 0 Å². The third-order valence-electron chi connectivity index (χ3n) is 19.9. The summed E-state index contributed by atoms with van der Waals surface area (Å²) in [6.45, 7) is 20.8. The van der Waals surface area contributed by atoms with Gasteiger partial charge in [-0.1, -0.05) is 64.1 Å². The van der Waals surface area contributed by atoms with E-state index in [1.165, 1.54) is 24.3 Å². The Morgan fingerprint density at radius 1 is 0.639 bits per heavy atom. The van der Waals surface area contributed by atoms with Crippen LogP contribution in [0.25, 0.3) is 11.3 Å². The molecule has 0 saturated heterocycles. The number of amides is 1. The first-order valence-electron chi connectivity index (χ1n) is 36.8. The number of hydrogen-bond donors (Lipinski definition) is 6. The number of aromatic nitrogens is 2. The maximum Gasteiger partial charge on any atom is 0.294 e. The van der Waals surface area contributed by atoms with Crippen LogP contribution < -0.4 is 15.5 Å². The molecule has 4 aliphatic rings. The van der Waals surface area contributed by atoms with Gasteiger partial charge in [-0.25, -0.2) is 4.68 Å². The Bertz CT molecular complexity index is 4710. The van der Waals surface area contributed by atoms with Crippen molar-refractivity contribution in [3.8, 4) is 5.69 Å². The molecule has 590 valence electrons. The van der Waals surface area contributed by atoms with Gasteiger partial charge in [0.15, 0.2) is 11.5 Å². The number of unbranched alkanes of at least 4 members (excludes halogenated alkanes) is 2. The molecule has 5 aromatic rings. The molecule has 108 heavy (non-hydrogen) atoms. The highest BCUT2D eigenvalue weighted by atomic mass is 32.2. The van der Waals surface area contributed by atoms with Crippen molar-refractivity contribution in [2.45, 2.75) is 146 Å². The van der Waals surface area contributed by atoms with Gasteiger partial charge in [-0.05, 0) is 179 Å². The van der Waals surface area contributed by atoms with E-state index in [0.717, 1.165) is 69.9 Å². The first-order valence-corrected chi connectivity index (χ1v) is 42.9. The predicted molar refractivity (Wildman–Crippen MR) is 416 cm³/mol. The molecule has 1 aromatic heterocycles. The van der Waals surface area contributed by atoms with Crippen LogP contribution in [0.4, 0.5) is 17.1 Å². The summed E-state index contributed by atoms with van der Waals surface area (Å²) in [5, 5.41) is 11.7. The molecule has 30 heteroatoms. The molecule has 2 aliphatic heterocycles. The van der Waals surface area contributed by atoms with Gasteiger partial charge in [0.05, 0.1) is 108 Å². The number of fused-ring (bicyclic) bond motifs is 3. The van der Waals surface area contributed by atoms with Gasteiger partial charge >= 0.3 is 0 Å². The molecule has 0 saturated carbocycles. The van der Waals surface area contributed by atoms with E-state index >= 15 is 0 Å². The van der Waals surface area contributed by atoms with Crippen molar-refractivity contribution < 1.29 is 89.7 Å². The topological polar surface area (TPSA) is 349 Å². The first-order chi connectivity index (χ1) is 50.9. The third kappa shape index (κ3) is 22.6. The summed E-state index contributed by atoms with van der Waals surface area (Å²) in [7, 11) is -14.1. The molecule has 0 radical (unpaired) electrons. The summed E-state index contributed by atoms with van der Waals surface area (Å²) < 4.78 is 169. The normalized spacial score (nSPS) is 17.2. The maximum atomic E-state index is 13.2. The van der Waals surface area contributed by atoms with Crippen molar-refractivity contribution in [1.29, 1.82) is 0 Å². The van der Waals surface area contributed by atoms with E-state index in [9.17, 15) is 61.5 Å². The van der Waals surface area contributed by atoms with Gasteiger partial charge in [0.25, 0.3) is 46.4 Å². The number of aryl methyl sites for hydroxylation is 1. The number of nitrogens with one attached hydrogen (secondary N) is 2. The second-order valence-electron chi connectivity index (χ2n) is 29.8. The van der Waals surface area contributed by atoms with Crippen LogP contribution >= 0.6 is 0 Å². The molecular formula is C78H106N7O19S4+. The quantitative estimate of drug-likeness (QED) is 0.0120. The summed E-state index contributed by atoms with van der Waals surface area (Å²) in [5.74, 6) is -0.876. The summed E-state index contributed by atoms with van der Waals surface area (Å²) >= 11 is 0. The van der Waals surface area contributed by atoms with Gasteiger partial charge in [0.1, 0.15) is 6.54 Å². The van der Waals surface area contributed by atoms with Crippen LogP contribution in [0, 0.1) is 12.3 Å². The second-order valence-corrected chi connectivity index (χ2v) is 35.8. The molecular weight excluding hydrogens is 1470 g/mol. The third-order valence-corrected chi connectivity index (χ3v) is 23.2. The molecule has 0 atom stereocenters. The lowest BCUT2D eigenvalue weighted by Gasteiger charge is -2.29. The number of ether oxygens (including phenoxy) is 5. The smallest absolute Gasteiger partial charge is 0.294 e. The minimum Gasteiger partial charge on any atom is -0.384 e. The van der Waals surface area contributed by atoms with Gasteiger partial charge in [0, 0.05) is 100.0 Å². The van der Waals surface area contributed by atoms with E-state index in [1.54, 1.807) is 37.2 Å². The predicted octanol–water partition coefficient (Wildman–Crippen LogP) is 11.1. The van der Waals surface area contributed by atoms with E-state index < -0.39 is 62.8 Å². The maximum absolute atomic E-state index is 13.2. The Morgan fingerprint density at radius 2 is 1.22 bits per heavy atom. The number of hydrogen-bond acceptors (Lipinski definition) is 19. The largest absolute Gasteiger partial charge is 0.384 e. The summed E-state index contributed by atoms with van der Waals surface area (Å²) in [6.07, 6.45) is 14.0. The fourth-order valence-electron chi connectivity index (χ4n) is 14.5. The zero-order valence-corrected chi connectivity index (χ0v) is 66.7. The van der Waals surface area contributed by atoms with E-state index in [2.05, 4.69) is 60.9 Å². The number of Topliss-reactive ketones (excluding diaryl/α,β-unsaturated/α-hetero) is 1. The molecule has 1 amide bonds. The highest BCUT2D eigenvalue weighted by molar-refractivity contribution is 7.86. The number of benzene rings is 4. The van der Waals surface area contributed by atoms with E-state index in [4.69, 9.17) is 28.8 Å². The van der Waals surface area contributed by atoms with E-state index in [1.807, 2.05) is 73.1 Å². The zero-order valence-electron chi connectivity index (χ0n) is 63.4. The van der Waals surface area contributed by atoms with Crippen LogP contribution in [0.3, 0.4) is 0 Å². The van der Waals surface area contributed by atoms with Gasteiger partial charge in [-0.3, -0.25) is 27.8 Å². The van der Waals surface area contributed by atoms with Crippen LogP contribution in [0.2, 0.25) is 0 Å². The minimum absolute atomic E-state index is 0.108. The molecule has 0 spiro atoms. The van der Waals surface area contributed by atoms with Gasteiger partial charge in [-0.15, -0.1) is 0 Å². The molecule has 0 unspecified atom stereocenters. The summed E-state index contributed by atoms with van der Waals surface area (Å²) in [5.41, 5.74) is 11.7. The zero-order chi connectivity index (χ0) is 78.4. The second kappa shape index (κ2) is 36.8. The Kier molecular flexibility index (Phi) is 28.9. The number of rotatable bonds is 41. The fourth-order valence-corrected chi connectivity index (χ4v) is 16.7. The van der Waals surface area contributed by atoms with Gasteiger partial charge < -0.3 is 44.1 Å². The van der Waals surface area contributed by atoms with Crippen LogP contribution in [0.15, 0.2) is 130 Å². The number of ketones is 1. The lowest BCUT2D eigenvalue weighted by molar-refractivity contribution is -0.438. The molecule has 9 rings (SSSR count). The molecule has 0 bridgehead atoms. The van der Waals surface area contributed by atoms with Crippen LogP contribution in [-0.2, 0) is 88.0 Å². The van der Waals surface area contributed by atoms with Crippen molar-refractivity contribution >= 4 is 80.5 Å². The summed E-state index contributed by atoms with van der Waals surface area (Å²) in [4.78, 5) is 29.3. The van der Waals surface area contributed by atoms with Gasteiger partial charge in [-0.2, -0.15) is 43.3 Å². The molecule has 0 fully saturated rings. The number of carbonyl (C=O) groups excluding carboxylic acids is 2. The monoisotopic (exact) mass is 1570 g/mol. The Labute approximate surface area is 636 Å². The molecule has 6 N–H and O–H groups in total. The van der Waals surface area contributed by atoms with Crippen LogP contribution in [0.5, 0.6) is 0 Å². The number of anilines is 2. The van der Waals surface area contributed by atoms with Gasteiger partial charge in [0.2, 0.25) is 5.69 Å². The number of carbonyl (C=O) groups is 2. The van der Waals surface area contributed by atoms with Crippen LogP contribution in [0.1, 0.15) is 160 Å². The molecule has 3 heterocycles. The standard InChI is InChI=1S/C78H105N7O19S4/c1-55-73-69(52-76(2,3)53-70(73)86)85(81-55)60-25-28-63(75(87)82(8)9)66(49-60)80-34-16-38-101-40-42-103-44-46-104-45-43-102-41-39-100-37-15-33-79-54-56-19-21-59(22-20-56)74-57(23-31-71-77(4,5)64-50-61(107(94,95)96)26-29-67(64)83(71)35-10-12-47-105(88,89)90)17-14-18-58(74)24-32-72-78(6,7)65-51-62(108(97,98)99)27-30-68(65)84(72)36-11-13-48-106(91,92)93/h19-32,49-51,79H,10-18,33-48,52-54H2,1-9H3,(H4-,80,87,88,89,90,91,92,93,94,95,96,97,98,99)/p+1. The lowest BCUT2D eigenvalue weighted by atomic mass is 9.75. The molecule has 26 nitrogen and oxygen atoms in total. The Hall–Kier alpha value is -7.14. The van der Waals surface area contributed by atoms with Crippen LogP contribution in [-0.4, -0.2) is 206 Å². The van der Waals surface area contributed by atoms with E-state index in [-0.39, 0.29) is 39.7 Å². The average molecular weight is 1570 g/mol. The Morgan fingerprint density at radius 3 is 1.82 bits per heavy atom. The first kappa shape index (κ1) is 84.9. The summed E-state index contributed by atoms with van der Waals surface area (Å²) in [6, 6.07) is 22.8. The van der Waals surface area contributed by atoms with E-state index in [0.29, 0.717) is 182 Å². The van der Waals surface area contributed by atoms with Crippen molar-refractivity contribution in [3.05, 3.63) is 165 Å². The fraction of sp³-hybridized carbons (Fsp3) is 0.513. The Balaban J connectivity index is 0.750. The molecule has 2 aliphatic carbocycles. The minimum atomic E-state index is -4.57. The van der Waals surface area contributed by atoms with Crippen molar-refractivity contribution in [1.82, 2.24) is 20.0 Å². The highest BCUT2D eigenvalue weighted by Gasteiger charge is 2.46. The molecule has 4 aromatic carbocycles.